The topological polar surface area (TPSA) is 35.5 Å². The molecule has 0 N–H and O–H groups in total. The van der Waals surface area contributed by atoms with Crippen molar-refractivity contribution in [2.75, 3.05) is 7.11 Å². The third-order valence-electron chi connectivity index (χ3n) is 1.59. The molecule has 0 fully saturated rings. The molecule has 0 aromatic carbocycles. The molecule has 0 saturated carbocycles. The van der Waals surface area contributed by atoms with E-state index in [0.29, 0.717) is 0 Å². The fourth-order valence-electron chi connectivity index (χ4n) is 0.916. The lowest BCUT2D eigenvalue weighted by molar-refractivity contribution is -0.263. The number of carbonyl (C=O) groups excluding carboxylic acids is 1. The Bertz CT molecular complexity index is 129. The van der Waals surface area contributed by atoms with E-state index in [1.54, 1.807) is 0 Å². The molecule has 0 heterocycles. The number of hydrogen-bond donors (Lipinski definition) is 0. The van der Waals surface area contributed by atoms with Crippen LogP contribution in [0.4, 0.5) is 0 Å². The number of rotatable bonds is 4. The fraction of sp³-hybridized carbons (Fsp3) is 0.875. The van der Waals surface area contributed by atoms with Crippen LogP contribution in [0, 0.1) is 5.41 Å². The van der Waals surface area contributed by atoms with Crippen molar-refractivity contribution in [3.8, 4) is 0 Å². The van der Waals surface area contributed by atoms with Crippen LogP contribution in [0.15, 0.2) is 0 Å². The molecule has 11 heavy (non-hydrogen) atoms. The van der Waals surface area contributed by atoms with Crippen molar-refractivity contribution in [2.24, 2.45) is 5.41 Å². The summed E-state index contributed by atoms with van der Waals surface area (Å²) in [6.45, 7) is 5.72. The second-order valence-corrected chi connectivity index (χ2v) is 3.17. The molecule has 66 valence electrons. The molecule has 0 spiro atoms. The first-order valence-electron chi connectivity index (χ1n) is 3.79. The van der Waals surface area contributed by atoms with Crippen LogP contribution in [0.2, 0.25) is 0 Å². The summed E-state index contributed by atoms with van der Waals surface area (Å²) in [4.78, 5) is 19.8. The van der Waals surface area contributed by atoms with Crippen LogP contribution >= 0.6 is 0 Å². The number of hydrogen-bond acceptors (Lipinski definition) is 3. The van der Waals surface area contributed by atoms with E-state index < -0.39 is 5.41 Å². The van der Waals surface area contributed by atoms with Gasteiger partial charge in [-0.25, -0.2) is 4.79 Å². The zero-order valence-electron chi connectivity index (χ0n) is 7.64. The lowest BCUT2D eigenvalue weighted by Gasteiger charge is -2.19. The van der Waals surface area contributed by atoms with Crippen LogP contribution in [0.3, 0.4) is 0 Å². The maximum absolute atomic E-state index is 11.1. The Labute approximate surface area is 67.6 Å². The van der Waals surface area contributed by atoms with Crippen molar-refractivity contribution < 1.29 is 14.6 Å². The molecule has 0 aliphatic heterocycles. The quantitative estimate of drug-likeness (QED) is 0.465. The molecule has 0 radical (unpaired) electrons. The second-order valence-electron chi connectivity index (χ2n) is 3.17. The molecule has 0 unspecified atom stereocenters. The third kappa shape index (κ3) is 3.37. The summed E-state index contributed by atoms with van der Waals surface area (Å²) in [6.07, 6.45) is 1.78. The lowest BCUT2D eigenvalue weighted by Crippen LogP contribution is -2.26. The molecule has 0 rings (SSSR count). The minimum Gasteiger partial charge on any atom is -0.298 e. The molecular weight excluding hydrogens is 144 g/mol. The minimum absolute atomic E-state index is 0.304. The van der Waals surface area contributed by atoms with Gasteiger partial charge < -0.3 is 0 Å². The first-order chi connectivity index (χ1) is 5.04. The van der Waals surface area contributed by atoms with Gasteiger partial charge in [-0.05, 0) is 20.3 Å². The maximum Gasteiger partial charge on any atom is 0.347 e. The highest BCUT2D eigenvalue weighted by Crippen LogP contribution is 2.23. The van der Waals surface area contributed by atoms with Gasteiger partial charge >= 0.3 is 5.97 Å². The van der Waals surface area contributed by atoms with E-state index in [1.807, 2.05) is 20.8 Å². The van der Waals surface area contributed by atoms with Crippen LogP contribution < -0.4 is 0 Å². The van der Waals surface area contributed by atoms with Gasteiger partial charge in [0.15, 0.2) is 0 Å². The zero-order chi connectivity index (χ0) is 8.91. The van der Waals surface area contributed by atoms with Crippen LogP contribution in [0.25, 0.3) is 0 Å². The van der Waals surface area contributed by atoms with Gasteiger partial charge in [-0.2, -0.15) is 4.89 Å². The van der Waals surface area contributed by atoms with Crippen LogP contribution in [-0.2, 0) is 14.6 Å². The molecule has 0 atom stereocenters. The third-order valence-corrected chi connectivity index (χ3v) is 1.59. The Hall–Kier alpha value is -0.570. The predicted molar refractivity (Wildman–Crippen MR) is 41.8 cm³/mol. The van der Waals surface area contributed by atoms with Gasteiger partial charge in [0.2, 0.25) is 0 Å². The molecule has 0 aromatic heterocycles. The highest BCUT2D eigenvalue weighted by molar-refractivity contribution is 5.75. The first-order valence-corrected chi connectivity index (χ1v) is 3.79. The van der Waals surface area contributed by atoms with Crippen molar-refractivity contribution in [1.29, 1.82) is 0 Å². The molecule has 3 heteroatoms. The van der Waals surface area contributed by atoms with E-state index >= 15 is 0 Å². The summed E-state index contributed by atoms with van der Waals surface area (Å²) in [5, 5.41) is 0. The summed E-state index contributed by atoms with van der Waals surface area (Å²) in [6, 6.07) is 0. The number of carbonyl (C=O) groups is 1. The average Bonchev–Trinajstić information content (AvgIpc) is 1.88. The molecule has 0 aliphatic rings. The summed E-state index contributed by atoms with van der Waals surface area (Å²) >= 11 is 0. The maximum atomic E-state index is 11.1. The Morgan fingerprint density at radius 2 is 2.00 bits per heavy atom. The van der Waals surface area contributed by atoms with E-state index in [4.69, 9.17) is 0 Å². The van der Waals surface area contributed by atoms with Gasteiger partial charge in [0.05, 0.1) is 12.5 Å². The predicted octanol–water partition coefficient (Wildman–Crippen LogP) is 1.92. The van der Waals surface area contributed by atoms with Gasteiger partial charge in [-0.3, -0.25) is 4.89 Å². The standard InChI is InChI=1S/C8H16O3/c1-5-6-8(2,3)7(9)11-10-4/h5-6H2,1-4H3. The normalized spacial score (nSPS) is 11.3. The first kappa shape index (κ1) is 10.4. The largest absolute Gasteiger partial charge is 0.347 e. The van der Waals surface area contributed by atoms with E-state index in [-0.39, 0.29) is 5.97 Å². The molecule has 0 aliphatic carbocycles. The van der Waals surface area contributed by atoms with Gasteiger partial charge in [0.1, 0.15) is 0 Å². The lowest BCUT2D eigenvalue weighted by atomic mass is 9.88. The van der Waals surface area contributed by atoms with Crippen LogP contribution in [0.1, 0.15) is 33.6 Å². The summed E-state index contributed by atoms with van der Waals surface area (Å²) in [7, 11) is 1.33. The smallest absolute Gasteiger partial charge is 0.298 e. The Balaban J connectivity index is 3.94. The van der Waals surface area contributed by atoms with Crippen LogP contribution in [0.5, 0.6) is 0 Å². The summed E-state index contributed by atoms with van der Waals surface area (Å²) < 4.78 is 0. The summed E-state index contributed by atoms with van der Waals surface area (Å²) in [5.74, 6) is -0.304. The van der Waals surface area contributed by atoms with Crippen LogP contribution in [-0.4, -0.2) is 13.1 Å². The van der Waals surface area contributed by atoms with E-state index in [1.165, 1.54) is 7.11 Å². The van der Waals surface area contributed by atoms with Gasteiger partial charge in [0, 0.05) is 0 Å². The van der Waals surface area contributed by atoms with E-state index in [0.717, 1.165) is 12.8 Å². The van der Waals surface area contributed by atoms with Gasteiger partial charge in [-0.1, -0.05) is 13.3 Å². The second kappa shape index (κ2) is 4.34. The Morgan fingerprint density at radius 3 is 2.36 bits per heavy atom. The Kier molecular flexibility index (Phi) is 4.11. The van der Waals surface area contributed by atoms with Crippen molar-refractivity contribution in [1.82, 2.24) is 0 Å². The minimum atomic E-state index is -0.426. The molecule has 0 aromatic rings. The van der Waals surface area contributed by atoms with E-state index in [2.05, 4.69) is 9.78 Å². The monoisotopic (exact) mass is 160 g/mol. The molecule has 0 bridgehead atoms. The fourth-order valence-corrected chi connectivity index (χ4v) is 0.916. The van der Waals surface area contributed by atoms with Gasteiger partial charge in [0.25, 0.3) is 0 Å². The zero-order valence-corrected chi connectivity index (χ0v) is 7.64. The molecule has 0 saturated heterocycles. The SMILES string of the molecule is CCCC(C)(C)C(=O)OOC. The van der Waals surface area contributed by atoms with E-state index in [9.17, 15) is 4.79 Å². The highest BCUT2D eigenvalue weighted by atomic mass is 17.2. The average molecular weight is 160 g/mol. The molecule has 0 amide bonds. The molecular formula is C8H16O3. The van der Waals surface area contributed by atoms with Crippen molar-refractivity contribution >= 4 is 5.97 Å². The van der Waals surface area contributed by atoms with Crippen molar-refractivity contribution in [2.45, 2.75) is 33.6 Å². The van der Waals surface area contributed by atoms with Crippen molar-refractivity contribution in [3.05, 3.63) is 0 Å². The Morgan fingerprint density at radius 1 is 1.45 bits per heavy atom. The molecule has 3 nitrogen and oxygen atoms in total. The highest BCUT2D eigenvalue weighted by Gasteiger charge is 2.28. The van der Waals surface area contributed by atoms with Crippen molar-refractivity contribution in [3.63, 3.8) is 0 Å². The summed E-state index contributed by atoms with van der Waals surface area (Å²) in [5.41, 5.74) is -0.426. The van der Waals surface area contributed by atoms with Gasteiger partial charge in [-0.15, -0.1) is 0 Å².